The van der Waals surface area contributed by atoms with Crippen LogP contribution >= 0.6 is 0 Å². The second-order valence-corrected chi connectivity index (χ2v) is 4.80. The van der Waals surface area contributed by atoms with E-state index in [1.165, 1.54) is 36.9 Å². The van der Waals surface area contributed by atoms with Gasteiger partial charge in [0, 0.05) is 25.3 Å². The van der Waals surface area contributed by atoms with E-state index in [4.69, 9.17) is 0 Å². The molecule has 1 aliphatic rings. The number of benzene rings is 1. The fourth-order valence-corrected chi connectivity index (χ4v) is 2.59. The fraction of sp³-hybridized carbons (Fsp3) is 0.571. The summed E-state index contributed by atoms with van der Waals surface area (Å²) in [5.74, 6) is 0. The average Bonchev–Trinajstić information content (AvgIpc) is 2.83. The SMILES string of the molecule is CNc1cccc(CN(C)C2CCCC2)c1. The molecule has 1 saturated carbocycles. The first-order valence-electron chi connectivity index (χ1n) is 6.26. The monoisotopic (exact) mass is 218 g/mol. The summed E-state index contributed by atoms with van der Waals surface area (Å²) in [6.45, 7) is 1.07. The van der Waals surface area contributed by atoms with Gasteiger partial charge in [0.1, 0.15) is 0 Å². The van der Waals surface area contributed by atoms with E-state index in [2.05, 4.69) is 41.5 Å². The second-order valence-electron chi connectivity index (χ2n) is 4.80. The Morgan fingerprint density at radius 2 is 2.06 bits per heavy atom. The van der Waals surface area contributed by atoms with Crippen molar-refractivity contribution in [3.05, 3.63) is 29.8 Å². The van der Waals surface area contributed by atoms with Crippen LogP contribution in [0.25, 0.3) is 0 Å². The van der Waals surface area contributed by atoms with Crippen LogP contribution in [0, 0.1) is 0 Å². The largest absolute Gasteiger partial charge is 0.388 e. The second kappa shape index (κ2) is 5.35. The fourth-order valence-electron chi connectivity index (χ4n) is 2.59. The molecule has 0 spiro atoms. The van der Waals surface area contributed by atoms with E-state index in [9.17, 15) is 0 Å². The summed E-state index contributed by atoms with van der Waals surface area (Å²) in [4.78, 5) is 2.50. The average molecular weight is 218 g/mol. The summed E-state index contributed by atoms with van der Waals surface area (Å²) in [6.07, 6.45) is 5.57. The van der Waals surface area contributed by atoms with Crippen LogP contribution in [-0.4, -0.2) is 25.0 Å². The maximum Gasteiger partial charge on any atom is 0.0340 e. The molecule has 2 heteroatoms. The summed E-state index contributed by atoms with van der Waals surface area (Å²) >= 11 is 0. The molecule has 0 atom stereocenters. The van der Waals surface area contributed by atoms with Gasteiger partial charge in [0.2, 0.25) is 0 Å². The van der Waals surface area contributed by atoms with E-state index in [0.717, 1.165) is 12.6 Å². The Morgan fingerprint density at radius 3 is 2.75 bits per heavy atom. The van der Waals surface area contributed by atoms with Gasteiger partial charge < -0.3 is 5.32 Å². The molecule has 16 heavy (non-hydrogen) atoms. The Labute approximate surface area is 98.7 Å². The van der Waals surface area contributed by atoms with Crippen molar-refractivity contribution in [1.82, 2.24) is 4.90 Å². The number of hydrogen-bond donors (Lipinski definition) is 1. The van der Waals surface area contributed by atoms with Crippen LogP contribution in [0.5, 0.6) is 0 Å². The molecule has 1 aromatic rings. The highest BCUT2D eigenvalue weighted by atomic mass is 15.1. The predicted molar refractivity (Wildman–Crippen MR) is 69.7 cm³/mol. The highest BCUT2D eigenvalue weighted by molar-refractivity contribution is 5.44. The van der Waals surface area contributed by atoms with Gasteiger partial charge in [0.15, 0.2) is 0 Å². The van der Waals surface area contributed by atoms with Gasteiger partial charge in [-0.25, -0.2) is 0 Å². The van der Waals surface area contributed by atoms with Crippen LogP contribution in [0.4, 0.5) is 5.69 Å². The third-order valence-electron chi connectivity index (χ3n) is 3.60. The van der Waals surface area contributed by atoms with Gasteiger partial charge in [-0.05, 0) is 37.6 Å². The van der Waals surface area contributed by atoms with Crippen molar-refractivity contribution in [3.8, 4) is 0 Å². The van der Waals surface area contributed by atoms with Crippen molar-refractivity contribution in [2.45, 2.75) is 38.3 Å². The quantitative estimate of drug-likeness (QED) is 0.835. The van der Waals surface area contributed by atoms with E-state index in [0.29, 0.717) is 0 Å². The number of rotatable bonds is 4. The molecular formula is C14H22N2. The minimum atomic E-state index is 0.804. The first-order valence-corrected chi connectivity index (χ1v) is 6.26. The Morgan fingerprint density at radius 1 is 1.31 bits per heavy atom. The van der Waals surface area contributed by atoms with Gasteiger partial charge in [-0.15, -0.1) is 0 Å². The first-order chi connectivity index (χ1) is 7.79. The topological polar surface area (TPSA) is 15.3 Å². The van der Waals surface area contributed by atoms with Crippen LogP contribution < -0.4 is 5.32 Å². The molecule has 1 aromatic carbocycles. The molecule has 0 radical (unpaired) electrons. The summed E-state index contributed by atoms with van der Waals surface area (Å²) in [5.41, 5.74) is 2.61. The third-order valence-corrected chi connectivity index (χ3v) is 3.60. The molecule has 1 aliphatic carbocycles. The molecule has 2 nitrogen and oxygen atoms in total. The molecule has 1 N–H and O–H groups in total. The van der Waals surface area contributed by atoms with Crippen molar-refractivity contribution in [3.63, 3.8) is 0 Å². The van der Waals surface area contributed by atoms with Gasteiger partial charge in [-0.3, -0.25) is 4.90 Å². The standard InChI is InChI=1S/C14H22N2/c1-15-13-7-5-6-12(10-13)11-16(2)14-8-3-4-9-14/h5-7,10,14-15H,3-4,8-9,11H2,1-2H3. The number of nitrogens with one attached hydrogen (secondary N) is 1. The molecule has 0 heterocycles. The Balaban J connectivity index is 1.96. The van der Waals surface area contributed by atoms with Crippen molar-refractivity contribution in [1.29, 1.82) is 0 Å². The molecule has 88 valence electrons. The van der Waals surface area contributed by atoms with Crippen molar-refractivity contribution in [2.75, 3.05) is 19.4 Å². The third kappa shape index (κ3) is 2.76. The molecular weight excluding hydrogens is 196 g/mol. The van der Waals surface area contributed by atoms with Crippen LogP contribution in [0.2, 0.25) is 0 Å². The highest BCUT2D eigenvalue weighted by Crippen LogP contribution is 2.24. The van der Waals surface area contributed by atoms with Gasteiger partial charge in [0.25, 0.3) is 0 Å². The maximum absolute atomic E-state index is 3.19. The zero-order chi connectivity index (χ0) is 11.4. The highest BCUT2D eigenvalue weighted by Gasteiger charge is 2.19. The first kappa shape index (κ1) is 11.5. The lowest BCUT2D eigenvalue weighted by atomic mass is 10.1. The summed E-state index contributed by atoms with van der Waals surface area (Å²) in [5, 5.41) is 3.19. The maximum atomic E-state index is 3.19. The van der Waals surface area contributed by atoms with Crippen molar-refractivity contribution >= 4 is 5.69 Å². The Bertz CT molecular complexity index is 329. The molecule has 0 aliphatic heterocycles. The molecule has 0 bridgehead atoms. The van der Waals surface area contributed by atoms with Gasteiger partial charge >= 0.3 is 0 Å². The molecule has 0 saturated heterocycles. The zero-order valence-electron chi connectivity index (χ0n) is 10.4. The Hall–Kier alpha value is -1.02. The lowest BCUT2D eigenvalue weighted by Crippen LogP contribution is -2.28. The minimum Gasteiger partial charge on any atom is -0.388 e. The summed E-state index contributed by atoms with van der Waals surface area (Å²) in [7, 11) is 4.22. The lowest BCUT2D eigenvalue weighted by Gasteiger charge is -2.24. The lowest BCUT2D eigenvalue weighted by molar-refractivity contribution is 0.237. The zero-order valence-corrected chi connectivity index (χ0v) is 10.4. The van der Waals surface area contributed by atoms with Crippen molar-refractivity contribution < 1.29 is 0 Å². The van der Waals surface area contributed by atoms with E-state index >= 15 is 0 Å². The van der Waals surface area contributed by atoms with Gasteiger partial charge in [-0.1, -0.05) is 25.0 Å². The summed E-state index contributed by atoms with van der Waals surface area (Å²) < 4.78 is 0. The molecule has 0 unspecified atom stereocenters. The van der Waals surface area contributed by atoms with E-state index in [1.807, 2.05) is 7.05 Å². The predicted octanol–water partition coefficient (Wildman–Crippen LogP) is 3.10. The van der Waals surface area contributed by atoms with E-state index in [1.54, 1.807) is 0 Å². The number of nitrogens with zero attached hydrogens (tertiary/aromatic N) is 1. The van der Waals surface area contributed by atoms with Crippen LogP contribution in [-0.2, 0) is 6.54 Å². The molecule has 0 amide bonds. The minimum absolute atomic E-state index is 0.804. The van der Waals surface area contributed by atoms with Crippen LogP contribution in [0.15, 0.2) is 24.3 Å². The van der Waals surface area contributed by atoms with Gasteiger partial charge in [0.05, 0.1) is 0 Å². The Kier molecular flexibility index (Phi) is 3.83. The molecule has 0 aromatic heterocycles. The van der Waals surface area contributed by atoms with Crippen LogP contribution in [0.1, 0.15) is 31.2 Å². The molecule has 2 rings (SSSR count). The van der Waals surface area contributed by atoms with Crippen LogP contribution in [0.3, 0.4) is 0 Å². The van der Waals surface area contributed by atoms with E-state index in [-0.39, 0.29) is 0 Å². The molecule has 1 fully saturated rings. The normalized spacial score (nSPS) is 16.9. The number of hydrogen-bond acceptors (Lipinski definition) is 2. The van der Waals surface area contributed by atoms with E-state index < -0.39 is 0 Å². The summed E-state index contributed by atoms with van der Waals surface area (Å²) in [6, 6.07) is 9.50. The van der Waals surface area contributed by atoms with Gasteiger partial charge in [-0.2, -0.15) is 0 Å². The van der Waals surface area contributed by atoms with Crippen molar-refractivity contribution in [2.24, 2.45) is 0 Å². The number of anilines is 1. The smallest absolute Gasteiger partial charge is 0.0340 e.